The Morgan fingerprint density at radius 2 is 1.72 bits per heavy atom. The van der Waals surface area contributed by atoms with E-state index in [-0.39, 0.29) is 41.1 Å². The van der Waals surface area contributed by atoms with Crippen LogP contribution in [0, 0.1) is 13.8 Å². The first-order valence-corrected chi connectivity index (χ1v) is 10.6. The minimum absolute atomic E-state index is 0. The van der Waals surface area contributed by atoms with Gasteiger partial charge in [-0.2, -0.15) is 4.98 Å². The Balaban J connectivity index is 0.00000363. The standard InChI is InChI=1S/C17H21N4O9P.Na/c1-7-3-9-10(4-8(7)2)21(15-13(18-9)16(25)20-17(26)19-15)5-11(22)14(24)12(23)6-30-31(27,28)29;/h3-4,11-12,14,22-24H,5-6H2,1-2H3,(H,20,25,26)(H2,27,28,29);/q;+1/t11-,12+,14-;/m1./s1. The molecule has 32 heavy (non-hydrogen) atoms. The number of aliphatic hydroxyl groups is 3. The van der Waals surface area contributed by atoms with Crippen LogP contribution < -0.4 is 40.8 Å². The summed E-state index contributed by atoms with van der Waals surface area (Å²) in [7, 11) is -4.89. The van der Waals surface area contributed by atoms with Crippen LogP contribution in [0.15, 0.2) is 21.7 Å². The van der Waals surface area contributed by atoms with Gasteiger partial charge in [0.15, 0.2) is 11.5 Å². The first-order chi connectivity index (χ1) is 14.4. The molecule has 0 spiro atoms. The number of nitrogens with zero attached hydrogens (tertiary/aromatic N) is 3. The minimum atomic E-state index is -4.89. The molecule has 2 heterocycles. The van der Waals surface area contributed by atoms with Crippen molar-refractivity contribution in [3.8, 4) is 11.5 Å². The quantitative estimate of drug-likeness (QED) is 0.108. The van der Waals surface area contributed by atoms with Gasteiger partial charge in [-0.15, -0.1) is 0 Å². The number of benzene rings is 1. The summed E-state index contributed by atoms with van der Waals surface area (Å²) in [5.74, 6) is -0.142. The molecule has 0 saturated carbocycles. The molecule has 168 valence electrons. The van der Waals surface area contributed by atoms with Crippen molar-refractivity contribution in [2.45, 2.75) is 38.7 Å². The van der Waals surface area contributed by atoms with E-state index in [1.54, 1.807) is 12.1 Å². The predicted molar refractivity (Wildman–Crippen MR) is 107 cm³/mol. The third-order valence-electron chi connectivity index (χ3n) is 4.80. The molecule has 3 rings (SSSR count). The smallest absolute Gasteiger partial charge is 0.388 e. The van der Waals surface area contributed by atoms with Crippen LogP contribution in [0.3, 0.4) is 0 Å². The van der Waals surface area contributed by atoms with Crippen LogP contribution in [0.5, 0.6) is 0 Å². The normalized spacial score (nSPS) is 14.8. The molecule has 0 radical (unpaired) electrons. The molecule has 0 unspecified atom stereocenters. The van der Waals surface area contributed by atoms with Gasteiger partial charge in [-0.1, -0.05) is 0 Å². The van der Waals surface area contributed by atoms with Crippen molar-refractivity contribution in [3.05, 3.63) is 44.1 Å². The fourth-order valence-corrected chi connectivity index (χ4v) is 3.41. The number of aromatic nitrogens is 4. The number of hydrogen-bond acceptors (Lipinski definition) is 9. The Bertz CT molecular complexity index is 1260. The van der Waals surface area contributed by atoms with Gasteiger partial charge in [0.1, 0.15) is 18.3 Å². The maximum Gasteiger partial charge on any atom is 1.00 e. The Labute approximate surface area is 202 Å². The zero-order valence-corrected chi connectivity index (χ0v) is 20.4. The number of fused-ring (bicyclic) bond motifs is 2. The number of nitrogens with one attached hydrogen (secondary N) is 1. The second-order valence-corrected chi connectivity index (χ2v) is 8.34. The van der Waals surface area contributed by atoms with Gasteiger partial charge in [0.25, 0.3) is 5.56 Å². The fraction of sp³-hybridized carbons (Fsp3) is 0.412. The zero-order chi connectivity index (χ0) is 23.1. The second kappa shape index (κ2) is 10.2. The third-order valence-corrected chi connectivity index (χ3v) is 5.28. The number of phosphoric ester groups is 1. The van der Waals surface area contributed by atoms with Gasteiger partial charge in [-0.25, -0.2) is 14.3 Å². The van der Waals surface area contributed by atoms with Crippen molar-refractivity contribution in [1.29, 1.82) is 0 Å². The topological polar surface area (TPSA) is 208 Å². The summed E-state index contributed by atoms with van der Waals surface area (Å²) in [6.07, 6.45) is -5.40. The van der Waals surface area contributed by atoms with Crippen molar-refractivity contribution in [2.24, 2.45) is 0 Å². The van der Waals surface area contributed by atoms with Gasteiger partial charge >= 0.3 is 43.1 Å². The van der Waals surface area contributed by atoms with Gasteiger partial charge in [-0.3, -0.25) is 14.3 Å². The van der Waals surface area contributed by atoms with Crippen LogP contribution in [0.25, 0.3) is 22.6 Å². The number of H-pyrrole nitrogens is 1. The van der Waals surface area contributed by atoms with Crippen molar-refractivity contribution in [3.63, 3.8) is 0 Å². The summed E-state index contributed by atoms with van der Waals surface area (Å²) >= 11 is 0. The van der Waals surface area contributed by atoms with Gasteiger partial charge < -0.3 is 29.7 Å². The molecular formula is C17H21N4NaO9P+. The van der Waals surface area contributed by atoms with E-state index in [9.17, 15) is 29.5 Å². The first kappa shape index (κ1) is 26.7. The molecule has 3 atom stereocenters. The summed E-state index contributed by atoms with van der Waals surface area (Å²) in [6.45, 7) is 2.29. The van der Waals surface area contributed by atoms with Gasteiger partial charge in [0.05, 0.1) is 24.2 Å². The second-order valence-electron chi connectivity index (χ2n) is 7.10. The Morgan fingerprint density at radius 1 is 1.09 bits per heavy atom. The Morgan fingerprint density at radius 3 is 2.34 bits per heavy atom. The van der Waals surface area contributed by atoms with Crippen LogP contribution in [-0.2, 0) is 15.6 Å². The van der Waals surface area contributed by atoms with Crippen molar-refractivity contribution < 1.29 is 63.8 Å². The minimum Gasteiger partial charge on any atom is -0.388 e. The molecule has 2 aliphatic heterocycles. The van der Waals surface area contributed by atoms with Crippen molar-refractivity contribution in [2.75, 3.05) is 6.61 Å². The largest absolute Gasteiger partial charge is 1.00 e. The molecule has 1 aromatic rings. The molecule has 0 saturated heterocycles. The molecule has 0 amide bonds. The van der Waals surface area contributed by atoms with E-state index in [0.717, 1.165) is 11.1 Å². The van der Waals surface area contributed by atoms with Crippen LogP contribution in [0.4, 0.5) is 0 Å². The van der Waals surface area contributed by atoms with Crippen LogP contribution in [-0.4, -0.2) is 69.5 Å². The zero-order valence-electron chi connectivity index (χ0n) is 17.5. The number of aryl methyl sites for hydroxylation is 2. The molecule has 0 aromatic heterocycles. The Hall–Kier alpha value is -1.51. The van der Waals surface area contributed by atoms with Gasteiger partial charge in [-0.05, 0) is 37.1 Å². The maximum absolute atomic E-state index is 12.2. The number of hydrogen-bond donors (Lipinski definition) is 6. The van der Waals surface area contributed by atoms with E-state index in [1.165, 1.54) is 4.57 Å². The molecule has 15 heteroatoms. The summed E-state index contributed by atoms with van der Waals surface area (Å²) in [5.41, 5.74) is 0.618. The van der Waals surface area contributed by atoms with Gasteiger partial charge in [0, 0.05) is 0 Å². The Kier molecular flexibility index (Phi) is 8.51. The maximum atomic E-state index is 12.2. The van der Waals surface area contributed by atoms with E-state index in [4.69, 9.17) is 9.79 Å². The number of aliphatic hydroxyl groups excluding tert-OH is 3. The van der Waals surface area contributed by atoms with E-state index in [2.05, 4.69) is 14.5 Å². The summed E-state index contributed by atoms with van der Waals surface area (Å²) in [5, 5.41) is 30.5. The molecular weight excluding hydrogens is 458 g/mol. The average Bonchev–Trinajstić information content (AvgIpc) is 2.67. The summed E-state index contributed by atoms with van der Waals surface area (Å²) < 4.78 is 16.2. The van der Waals surface area contributed by atoms with E-state index in [1.807, 2.05) is 18.8 Å². The van der Waals surface area contributed by atoms with E-state index < -0.39 is 50.5 Å². The summed E-state index contributed by atoms with van der Waals surface area (Å²) in [6, 6.07) is 3.41. The monoisotopic (exact) mass is 479 g/mol. The first-order valence-electron chi connectivity index (χ1n) is 9.03. The number of phosphoric acid groups is 1. The molecule has 0 fully saturated rings. The molecule has 1 aromatic carbocycles. The molecule has 13 nitrogen and oxygen atoms in total. The van der Waals surface area contributed by atoms with Crippen LogP contribution >= 0.6 is 7.82 Å². The van der Waals surface area contributed by atoms with Gasteiger partial charge in [0.2, 0.25) is 0 Å². The van der Waals surface area contributed by atoms with Crippen molar-refractivity contribution in [1.82, 2.24) is 19.5 Å². The van der Waals surface area contributed by atoms with E-state index >= 15 is 0 Å². The third kappa shape index (κ3) is 5.88. The van der Waals surface area contributed by atoms with Crippen molar-refractivity contribution >= 4 is 18.9 Å². The predicted octanol–water partition coefficient (Wildman–Crippen LogP) is -4.60. The molecule has 2 aliphatic rings. The van der Waals surface area contributed by atoms with Crippen LogP contribution in [0.2, 0.25) is 0 Å². The fourth-order valence-electron chi connectivity index (χ4n) is 3.06. The average molecular weight is 479 g/mol. The molecule has 0 aliphatic carbocycles. The van der Waals surface area contributed by atoms with Crippen LogP contribution in [0.1, 0.15) is 11.1 Å². The SMILES string of the molecule is Cc1cc2nc3c(=O)[nH]c(=O)nc-3n(C[C@@H](O)[C@@H](O)[C@@H](O)COP(=O)(O)O)c2cc1C.[Na+]. The number of rotatable bonds is 7. The van der Waals surface area contributed by atoms with E-state index in [0.29, 0.717) is 11.0 Å². The molecule has 6 N–H and O–H groups in total. The summed E-state index contributed by atoms with van der Waals surface area (Å²) in [4.78, 5) is 51.5. The number of aromatic amines is 1. The molecule has 0 bridgehead atoms.